The summed E-state index contributed by atoms with van der Waals surface area (Å²) < 4.78 is 5.54. The third-order valence-corrected chi connectivity index (χ3v) is 3.18. The molecule has 3 rings (SSSR count). The molecule has 102 valence electrons. The molecule has 2 aromatic rings. The van der Waals surface area contributed by atoms with Crippen LogP contribution in [0.15, 0.2) is 41.2 Å². The summed E-state index contributed by atoms with van der Waals surface area (Å²) in [5.74, 6) is 0.474. The van der Waals surface area contributed by atoms with Crippen LogP contribution in [0.3, 0.4) is 0 Å². The van der Waals surface area contributed by atoms with Crippen LogP contribution in [-0.2, 0) is 0 Å². The smallest absolute Gasteiger partial charge is 0.272 e. The van der Waals surface area contributed by atoms with Crippen LogP contribution in [0.1, 0.15) is 28.5 Å². The molecule has 6 heteroatoms. The third kappa shape index (κ3) is 2.40. The number of ether oxygens (including phenoxy) is 1. The van der Waals surface area contributed by atoms with Gasteiger partial charge in [-0.05, 0) is 12.1 Å². The Labute approximate surface area is 114 Å². The Kier molecular flexibility index (Phi) is 3.20. The molecule has 6 nitrogen and oxygen atoms in total. The average molecular weight is 271 g/mol. The lowest BCUT2D eigenvalue weighted by Crippen LogP contribution is -2.33. The summed E-state index contributed by atoms with van der Waals surface area (Å²) in [5, 5.41) is 8.87. The largest absolute Gasteiger partial charge is 0.493 e. The van der Waals surface area contributed by atoms with E-state index >= 15 is 0 Å². The van der Waals surface area contributed by atoms with E-state index in [9.17, 15) is 9.59 Å². The predicted octanol–water partition coefficient (Wildman–Crippen LogP) is 1.02. The Morgan fingerprint density at radius 2 is 2.15 bits per heavy atom. The topological polar surface area (TPSA) is 84.1 Å². The van der Waals surface area contributed by atoms with E-state index in [1.807, 2.05) is 24.3 Å². The third-order valence-electron chi connectivity index (χ3n) is 3.18. The highest BCUT2D eigenvalue weighted by Gasteiger charge is 2.23. The lowest BCUT2D eigenvalue weighted by Gasteiger charge is -2.26. The fourth-order valence-electron chi connectivity index (χ4n) is 2.20. The van der Waals surface area contributed by atoms with Crippen molar-refractivity contribution in [3.63, 3.8) is 0 Å². The molecule has 2 heterocycles. The van der Waals surface area contributed by atoms with E-state index in [1.54, 1.807) is 0 Å². The quantitative estimate of drug-likeness (QED) is 0.854. The van der Waals surface area contributed by atoms with E-state index in [0.29, 0.717) is 13.0 Å². The Morgan fingerprint density at radius 3 is 2.95 bits per heavy atom. The summed E-state index contributed by atoms with van der Waals surface area (Å²) in [5.41, 5.74) is 0.808. The van der Waals surface area contributed by atoms with Crippen LogP contribution in [0, 0.1) is 0 Å². The highest BCUT2D eigenvalue weighted by atomic mass is 16.5. The number of amides is 1. The zero-order valence-electron chi connectivity index (χ0n) is 10.6. The van der Waals surface area contributed by atoms with Crippen LogP contribution in [0.5, 0.6) is 5.75 Å². The van der Waals surface area contributed by atoms with Gasteiger partial charge in [0.25, 0.3) is 11.5 Å². The van der Waals surface area contributed by atoms with Gasteiger partial charge in [-0.3, -0.25) is 9.59 Å². The van der Waals surface area contributed by atoms with Crippen molar-refractivity contribution in [1.29, 1.82) is 0 Å². The number of fused-ring (bicyclic) bond motifs is 1. The summed E-state index contributed by atoms with van der Waals surface area (Å²) in [4.78, 5) is 23.0. The Balaban J connectivity index is 1.80. The molecule has 1 aliphatic heterocycles. The number of hydrogen-bond acceptors (Lipinski definition) is 4. The minimum atomic E-state index is -0.335. The van der Waals surface area contributed by atoms with Crippen LogP contribution in [-0.4, -0.2) is 22.7 Å². The first-order valence-electron chi connectivity index (χ1n) is 6.32. The first kappa shape index (κ1) is 12.4. The minimum Gasteiger partial charge on any atom is -0.493 e. The van der Waals surface area contributed by atoms with Crippen LogP contribution in [0.4, 0.5) is 0 Å². The number of aromatic nitrogens is 2. The molecule has 1 aliphatic rings. The number of carbonyl (C=O) groups is 1. The van der Waals surface area contributed by atoms with E-state index in [-0.39, 0.29) is 23.2 Å². The first-order chi connectivity index (χ1) is 9.74. The summed E-state index contributed by atoms with van der Waals surface area (Å²) in [6, 6.07) is 10.2. The molecule has 0 bridgehead atoms. The van der Waals surface area contributed by atoms with Crippen molar-refractivity contribution in [2.24, 2.45) is 0 Å². The predicted molar refractivity (Wildman–Crippen MR) is 71.6 cm³/mol. The molecule has 1 aromatic carbocycles. The SMILES string of the molecule is O=C(NC1CCOc2ccccc21)c1ccc(=O)[nH]n1. The number of hydrogen-bond donors (Lipinski definition) is 2. The maximum atomic E-state index is 12.1. The molecule has 1 aromatic heterocycles. The number of aromatic amines is 1. The Bertz CT molecular complexity index is 676. The number of nitrogens with one attached hydrogen (secondary N) is 2. The van der Waals surface area contributed by atoms with Gasteiger partial charge in [-0.15, -0.1) is 0 Å². The van der Waals surface area contributed by atoms with Gasteiger partial charge < -0.3 is 10.1 Å². The second kappa shape index (κ2) is 5.16. The Hall–Kier alpha value is -2.63. The molecule has 0 radical (unpaired) electrons. The van der Waals surface area contributed by atoms with Crippen molar-refractivity contribution < 1.29 is 9.53 Å². The van der Waals surface area contributed by atoms with Crippen molar-refractivity contribution in [3.05, 3.63) is 58.0 Å². The van der Waals surface area contributed by atoms with Crippen LogP contribution < -0.4 is 15.6 Å². The number of carbonyl (C=O) groups excluding carboxylic acids is 1. The number of benzene rings is 1. The maximum absolute atomic E-state index is 12.1. The normalized spacial score (nSPS) is 16.9. The van der Waals surface area contributed by atoms with Gasteiger partial charge >= 0.3 is 0 Å². The van der Waals surface area contributed by atoms with Crippen molar-refractivity contribution in [3.8, 4) is 5.75 Å². The lowest BCUT2D eigenvalue weighted by molar-refractivity contribution is 0.0918. The van der Waals surface area contributed by atoms with Gasteiger partial charge in [-0.25, -0.2) is 5.10 Å². The van der Waals surface area contributed by atoms with Crippen molar-refractivity contribution in [1.82, 2.24) is 15.5 Å². The Morgan fingerprint density at radius 1 is 1.30 bits per heavy atom. The molecule has 0 fully saturated rings. The highest BCUT2D eigenvalue weighted by Crippen LogP contribution is 2.31. The van der Waals surface area contributed by atoms with Gasteiger partial charge in [0.05, 0.1) is 12.6 Å². The number of H-pyrrole nitrogens is 1. The zero-order chi connectivity index (χ0) is 13.9. The fourth-order valence-corrected chi connectivity index (χ4v) is 2.20. The van der Waals surface area contributed by atoms with Crippen molar-refractivity contribution in [2.75, 3.05) is 6.61 Å². The summed E-state index contributed by atoms with van der Waals surface area (Å²) >= 11 is 0. The molecule has 1 amide bonds. The van der Waals surface area contributed by atoms with E-state index in [4.69, 9.17) is 4.74 Å². The second-order valence-electron chi connectivity index (χ2n) is 4.51. The van der Waals surface area contributed by atoms with E-state index in [2.05, 4.69) is 15.5 Å². The lowest BCUT2D eigenvalue weighted by atomic mass is 10.0. The molecule has 2 N–H and O–H groups in total. The molecular weight excluding hydrogens is 258 g/mol. The monoisotopic (exact) mass is 271 g/mol. The first-order valence-corrected chi connectivity index (χ1v) is 6.32. The van der Waals surface area contributed by atoms with Crippen molar-refractivity contribution in [2.45, 2.75) is 12.5 Å². The van der Waals surface area contributed by atoms with Crippen molar-refractivity contribution >= 4 is 5.91 Å². The standard InChI is InChI=1S/C14H13N3O3/c18-13-6-5-11(16-17-13)14(19)15-10-7-8-20-12-4-2-1-3-9(10)12/h1-6,10H,7-8H2,(H,15,19)(H,17,18). The molecule has 0 aliphatic carbocycles. The molecule has 1 unspecified atom stereocenters. The van der Waals surface area contributed by atoms with Gasteiger partial charge in [0.15, 0.2) is 0 Å². The van der Waals surface area contributed by atoms with Crippen LogP contribution >= 0.6 is 0 Å². The zero-order valence-corrected chi connectivity index (χ0v) is 10.6. The van der Waals surface area contributed by atoms with Crippen LogP contribution in [0.2, 0.25) is 0 Å². The molecule has 0 spiro atoms. The molecule has 20 heavy (non-hydrogen) atoms. The fraction of sp³-hybridized carbons (Fsp3) is 0.214. The van der Waals surface area contributed by atoms with Gasteiger partial charge in [0.1, 0.15) is 11.4 Å². The van der Waals surface area contributed by atoms with E-state index in [0.717, 1.165) is 11.3 Å². The highest BCUT2D eigenvalue weighted by molar-refractivity contribution is 5.92. The molecule has 1 atom stereocenters. The van der Waals surface area contributed by atoms with E-state index in [1.165, 1.54) is 12.1 Å². The number of para-hydroxylation sites is 1. The van der Waals surface area contributed by atoms with E-state index < -0.39 is 0 Å². The summed E-state index contributed by atoms with van der Waals surface area (Å²) in [7, 11) is 0. The minimum absolute atomic E-state index is 0.110. The summed E-state index contributed by atoms with van der Waals surface area (Å²) in [6.07, 6.45) is 0.701. The molecule has 0 saturated carbocycles. The number of rotatable bonds is 2. The molecule has 0 saturated heterocycles. The average Bonchev–Trinajstić information content (AvgIpc) is 2.48. The second-order valence-corrected chi connectivity index (χ2v) is 4.51. The summed E-state index contributed by atoms with van der Waals surface area (Å²) in [6.45, 7) is 0.557. The van der Waals surface area contributed by atoms with Gasteiger partial charge in [0.2, 0.25) is 0 Å². The maximum Gasteiger partial charge on any atom is 0.272 e. The van der Waals surface area contributed by atoms with Gasteiger partial charge in [-0.2, -0.15) is 5.10 Å². The van der Waals surface area contributed by atoms with Gasteiger partial charge in [-0.1, -0.05) is 18.2 Å². The van der Waals surface area contributed by atoms with Crippen LogP contribution in [0.25, 0.3) is 0 Å². The molecular formula is C14H13N3O3. The number of nitrogens with zero attached hydrogens (tertiary/aromatic N) is 1. The van der Waals surface area contributed by atoms with Gasteiger partial charge in [0, 0.05) is 18.1 Å².